The predicted octanol–water partition coefficient (Wildman–Crippen LogP) is 3.38. The molecule has 5 nitrogen and oxygen atoms in total. The van der Waals surface area contributed by atoms with Gasteiger partial charge in [-0.15, -0.1) is 0 Å². The Balaban J connectivity index is 1.85. The molecule has 0 unspecified atom stereocenters. The molecule has 2 aromatic rings. The Morgan fingerprint density at radius 3 is 2.70 bits per heavy atom. The Hall–Kier alpha value is -2.09. The van der Waals surface area contributed by atoms with Crippen LogP contribution in [0.3, 0.4) is 0 Å². The van der Waals surface area contributed by atoms with Gasteiger partial charge in [-0.2, -0.15) is 10.2 Å². The highest BCUT2D eigenvalue weighted by Gasteiger charge is 2.21. The van der Waals surface area contributed by atoms with Crippen LogP contribution < -0.4 is 0 Å². The lowest BCUT2D eigenvalue weighted by atomic mass is 10.00. The van der Waals surface area contributed by atoms with Gasteiger partial charge in [-0.3, -0.25) is 0 Å². The Kier molecular flexibility index (Phi) is 3.55. The third kappa shape index (κ3) is 2.46. The maximum Gasteiger partial charge on any atom is 0.274 e. The number of nitriles is 1. The summed E-state index contributed by atoms with van der Waals surface area (Å²) < 4.78 is 7.24. The molecule has 0 atom stereocenters. The molecule has 0 radical (unpaired) electrons. The molecule has 5 heteroatoms. The zero-order valence-electron chi connectivity index (χ0n) is 11.7. The van der Waals surface area contributed by atoms with Crippen LogP contribution in [0.4, 0.5) is 0 Å². The molecule has 3 rings (SSSR count). The molecular formula is C15H18N4O. The molecular weight excluding hydrogens is 252 g/mol. The van der Waals surface area contributed by atoms with Crippen LogP contribution in [0.1, 0.15) is 55.8 Å². The van der Waals surface area contributed by atoms with Crippen LogP contribution in [0, 0.1) is 11.3 Å². The van der Waals surface area contributed by atoms with Crippen molar-refractivity contribution in [3.8, 4) is 17.7 Å². The molecule has 0 aliphatic heterocycles. The van der Waals surface area contributed by atoms with Gasteiger partial charge in [0.2, 0.25) is 0 Å². The average Bonchev–Trinajstić information content (AvgIpc) is 2.97. The number of aryl methyl sites for hydroxylation is 1. The molecule has 104 valence electrons. The van der Waals surface area contributed by atoms with Crippen LogP contribution in [-0.2, 0) is 7.05 Å². The van der Waals surface area contributed by atoms with Crippen molar-refractivity contribution in [3.05, 3.63) is 23.7 Å². The van der Waals surface area contributed by atoms with Crippen molar-refractivity contribution in [2.24, 2.45) is 7.05 Å². The molecule has 0 saturated heterocycles. The molecule has 0 spiro atoms. The zero-order chi connectivity index (χ0) is 13.9. The van der Waals surface area contributed by atoms with Crippen LogP contribution in [-0.4, -0.2) is 14.7 Å². The monoisotopic (exact) mass is 270 g/mol. The van der Waals surface area contributed by atoms with Gasteiger partial charge in [-0.1, -0.05) is 30.8 Å². The van der Waals surface area contributed by atoms with Gasteiger partial charge in [-0.05, 0) is 18.9 Å². The second-order valence-electron chi connectivity index (χ2n) is 5.48. The smallest absolute Gasteiger partial charge is 0.274 e. The molecule has 2 aromatic heterocycles. The summed E-state index contributed by atoms with van der Waals surface area (Å²) in [5, 5.41) is 13.1. The van der Waals surface area contributed by atoms with Crippen molar-refractivity contribution in [1.29, 1.82) is 5.26 Å². The van der Waals surface area contributed by atoms with E-state index < -0.39 is 0 Å². The maximum atomic E-state index is 8.93. The fraction of sp³-hybridized carbons (Fsp3) is 0.533. The molecule has 1 aliphatic rings. The first-order valence-electron chi connectivity index (χ1n) is 7.18. The fourth-order valence-electron chi connectivity index (χ4n) is 2.88. The summed E-state index contributed by atoms with van der Waals surface area (Å²) in [4.78, 5) is 4.55. The number of hydrogen-bond donors (Lipinski definition) is 0. The lowest BCUT2D eigenvalue weighted by Crippen LogP contribution is -1.99. The van der Waals surface area contributed by atoms with Crippen LogP contribution in [0.25, 0.3) is 11.6 Å². The van der Waals surface area contributed by atoms with E-state index in [2.05, 4.69) is 16.2 Å². The number of rotatable bonds is 2. The largest absolute Gasteiger partial charge is 0.345 e. The van der Waals surface area contributed by atoms with E-state index in [1.54, 1.807) is 12.3 Å². The molecule has 0 N–H and O–H groups in total. The Morgan fingerprint density at radius 2 is 2.05 bits per heavy atom. The third-order valence-corrected chi connectivity index (χ3v) is 4.02. The van der Waals surface area contributed by atoms with Crippen LogP contribution in [0.2, 0.25) is 0 Å². The second-order valence-corrected chi connectivity index (χ2v) is 5.48. The predicted molar refractivity (Wildman–Crippen MR) is 73.9 cm³/mol. The van der Waals surface area contributed by atoms with Crippen molar-refractivity contribution in [2.45, 2.75) is 44.4 Å². The number of aromatic nitrogens is 3. The highest BCUT2D eigenvalue weighted by atomic mass is 16.5. The molecule has 0 amide bonds. The summed E-state index contributed by atoms with van der Waals surface area (Å²) in [6.45, 7) is 0. The van der Waals surface area contributed by atoms with Crippen molar-refractivity contribution < 1.29 is 4.52 Å². The lowest BCUT2D eigenvalue weighted by Gasteiger charge is -2.07. The molecule has 0 aromatic carbocycles. The SMILES string of the molecule is Cn1cc(C#N)cc1-c1nc(C2CCCCCC2)no1. The van der Waals surface area contributed by atoms with Gasteiger partial charge in [0.05, 0.1) is 5.56 Å². The van der Waals surface area contributed by atoms with Gasteiger partial charge in [0.1, 0.15) is 11.8 Å². The van der Waals surface area contributed by atoms with E-state index in [0.29, 0.717) is 17.4 Å². The van der Waals surface area contributed by atoms with E-state index in [0.717, 1.165) is 24.4 Å². The van der Waals surface area contributed by atoms with Gasteiger partial charge in [0, 0.05) is 19.2 Å². The average molecular weight is 270 g/mol. The summed E-state index contributed by atoms with van der Waals surface area (Å²) in [5.41, 5.74) is 1.41. The standard InChI is InChI=1S/C15H18N4O/c1-19-10-11(9-16)8-13(19)15-17-14(18-20-15)12-6-4-2-3-5-7-12/h8,10,12H,2-7H2,1H3. The normalized spacial score (nSPS) is 16.8. The summed E-state index contributed by atoms with van der Waals surface area (Å²) >= 11 is 0. The zero-order valence-corrected chi connectivity index (χ0v) is 11.7. The molecule has 0 bridgehead atoms. The highest BCUT2D eigenvalue weighted by molar-refractivity contribution is 5.52. The Labute approximate surface area is 118 Å². The van der Waals surface area contributed by atoms with Gasteiger partial charge >= 0.3 is 0 Å². The van der Waals surface area contributed by atoms with Crippen LogP contribution in [0.15, 0.2) is 16.8 Å². The maximum absolute atomic E-state index is 8.93. The summed E-state index contributed by atoms with van der Waals surface area (Å²) in [6, 6.07) is 3.91. The highest BCUT2D eigenvalue weighted by Crippen LogP contribution is 2.31. The summed E-state index contributed by atoms with van der Waals surface area (Å²) in [7, 11) is 1.88. The first kappa shape index (κ1) is 12.9. The summed E-state index contributed by atoms with van der Waals surface area (Å²) in [5.74, 6) is 1.75. The van der Waals surface area contributed by atoms with Gasteiger partial charge < -0.3 is 9.09 Å². The first-order chi connectivity index (χ1) is 9.78. The van der Waals surface area contributed by atoms with E-state index >= 15 is 0 Å². The van der Waals surface area contributed by atoms with E-state index in [9.17, 15) is 0 Å². The quantitative estimate of drug-likeness (QED) is 0.784. The minimum absolute atomic E-state index is 0.422. The van der Waals surface area contributed by atoms with Gasteiger partial charge in [-0.25, -0.2) is 0 Å². The van der Waals surface area contributed by atoms with E-state index in [1.807, 2.05) is 11.6 Å². The van der Waals surface area contributed by atoms with E-state index in [-0.39, 0.29) is 0 Å². The number of nitrogens with zero attached hydrogens (tertiary/aromatic N) is 4. The van der Waals surface area contributed by atoms with Gasteiger partial charge in [0.25, 0.3) is 5.89 Å². The lowest BCUT2D eigenvalue weighted by molar-refractivity contribution is 0.408. The number of hydrogen-bond acceptors (Lipinski definition) is 4. The van der Waals surface area contributed by atoms with Crippen LogP contribution in [0.5, 0.6) is 0 Å². The minimum Gasteiger partial charge on any atom is -0.345 e. The first-order valence-corrected chi connectivity index (χ1v) is 7.18. The molecule has 1 saturated carbocycles. The molecule has 20 heavy (non-hydrogen) atoms. The summed E-state index contributed by atoms with van der Waals surface area (Å²) in [6.07, 6.45) is 9.18. The second kappa shape index (κ2) is 5.49. The van der Waals surface area contributed by atoms with Crippen molar-refractivity contribution >= 4 is 0 Å². The Bertz CT molecular complexity index is 627. The molecule has 2 heterocycles. The Morgan fingerprint density at radius 1 is 1.30 bits per heavy atom. The molecule has 1 aliphatic carbocycles. The van der Waals surface area contributed by atoms with Gasteiger partial charge in [0.15, 0.2) is 5.82 Å². The van der Waals surface area contributed by atoms with Crippen molar-refractivity contribution in [3.63, 3.8) is 0 Å². The van der Waals surface area contributed by atoms with Crippen molar-refractivity contribution in [2.75, 3.05) is 0 Å². The third-order valence-electron chi connectivity index (χ3n) is 4.02. The molecule has 1 fully saturated rings. The van der Waals surface area contributed by atoms with Crippen LogP contribution >= 0.6 is 0 Å². The van der Waals surface area contributed by atoms with E-state index in [4.69, 9.17) is 9.78 Å². The van der Waals surface area contributed by atoms with E-state index in [1.165, 1.54) is 25.7 Å². The minimum atomic E-state index is 0.422. The van der Waals surface area contributed by atoms with Crippen molar-refractivity contribution in [1.82, 2.24) is 14.7 Å². The topological polar surface area (TPSA) is 67.6 Å². The fourth-order valence-corrected chi connectivity index (χ4v) is 2.88.